The van der Waals surface area contributed by atoms with Gasteiger partial charge in [0.2, 0.25) is 0 Å². The quantitative estimate of drug-likeness (QED) is 0.680. The van der Waals surface area contributed by atoms with Crippen LogP contribution in [0.25, 0.3) is 0 Å². The van der Waals surface area contributed by atoms with Crippen molar-refractivity contribution in [2.45, 2.75) is 18.6 Å². The van der Waals surface area contributed by atoms with E-state index in [-0.39, 0.29) is 6.04 Å². The van der Waals surface area contributed by atoms with Crippen LogP contribution in [0.5, 0.6) is 0 Å². The molecule has 0 aromatic heterocycles. The molecule has 12 heavy (non-hydrogen) atoms. The molecule has 1 unspecified atom stereocenters. The molecule has 2 nitrogen and oxygen atoms in total. The Labute approximate surface area is 69.7 Å². The third kappa shape index (κ3) is 2.98. The predicted octanol–water partition coefficient (Wildman–Crippen LogP) is 0.842. The second kappa shape index (κ2) is 3.62. The van der Waals surface area contributed by atoms with Crippen molar-refractivity contribution in [1.82, 2.24) is 10.2 Å². The molecule has 1 saturated heterocycles. The molecular formula is C7H13F3N2. The smallest absolute Gasteiger partial charge is 0.316 e. The van der Waals surface area contributed by atoms with E-state index in [1.807, 2.05) is 0 Å². The maximum atomic E-state index is 11.9. The molecular weight excluding hydrogens is 169 g/mol. The number of hydrogen-bond acceptors (Lipinski definition) is 2. The highest BCUT2D eigenvalue weighted by Crippen LogP contribution is 2.19. The fourth-order valence-electron chi connectivity index (χ4n) is 1.47. The van der Waals surface area contributed by atoms with Crippen molar-refractivity contribution in [3.05, 3.63) is 0 Å². The first-order chi connectivity index (χ1) is 5.51. The van der Waals surface area contributed by atoms with Gasteiger partial charge in [-0.3, -0.25) is 4.90 Å². The standard InChI is InChI=1S/C7H13F3N2/c1-11-6-2-3-12(4-6)5-7(8,9)10/h6,11H,2-5H2,1H3. The Balaban J connectivity index is 2.28. The molecule has 0 aliphatic carbocycles. The summed E-state index contributed by atoms with van der Waals surface area (Å²) >= 11 is 0. The molecule has 0 radical (unpaired) electrons. The summed E-state index contributed by atoms with van der Waals surface area (Å²) in [6.07, 6.45) is -3.24. The maximum Gasteiger partial charge on any atom is 0.401 e. The molecule has 0 spiro atoms. The lowest BCUT2D eigenvalue weighted by Gasteiger charge is -2.17. The van der Waals surface area contributed by atoms with Crippen LogP contribution in [0.15, 0.2) is 0 Å². The molecule has 0 amide bonds. The van der Waals surface area contributed by atoms with Crippen LogP contribution >= 0.6 is 0 Å². The lowest BCUT2D eigenvalue weighted by atomic mass is 10.3. The van der Waals surface area contributed by atoms with E-state index in [9.17, 15) is 13.2 Å². The summed E-state index contributed by atoms with van der Waals surface area (Å²) < 4.78 is 35.6. The minimum atomic E-state index is -4.05. The zero-order valence-electron chi connectivity index (χ0n) is 6.99. The molecule has 1 heterocycles. The van der Waals surface area contributed by atoms with Gasteiger partial charge in [0.15, 0.2) is 0 Å². The maximum absolute atomic E-state index is 11.9. The number of likely N-dealkylation sites (tertiary alicyclic amines) is 1. The Hall–Kier alpha value is -0.290. The minimum Gasteiger partial charge on any atom is -0.316 e. The third-order valence-electron chi connectivity index (χ3n) is 2.08. The number of halogens is 3. The number of nitrogens with one attached hydrogen (secondary N) is 1. The second-order valence-corrected chi connectivity index (χ2v) is 3.12. The van der Waals surface area contributed by atoms with Gasteiger partial charge in [-0.2, -0.15) is 13.2 Å². The number of hydrogen-bond donors (Lipinski definition) is 1. The largest absolute Gasteiger partial charge is 0.401 e. The average molecular weight is 182 g/mol. The molecule has 1 aliphatic rings. The summed E-state index contributed by atoms with van der Waals surface area (Å²) in [6, 6.07) is 0.229. The van der Waals surface area contributed by atoms with Crippen LogP contribution in [0.3, 0.4) is 0 Å². The SMILES string of the molecule is CNC1CCN(CC(F)(F)F)C1. The average Bonchev–Trinajstić information content (AvgIpc) is 2.32. The van der Waals surface area contributed by atoms with E-state index in [0.29, 0.717) is 13.1 Å². The lowest BCUT2D eigenvalue weighted by molar-refractivity contribution is -0.143. The van der Waals surface area contributed by atoms with Gasteiger partial charge >= 0.3 is 6.18 Å². The van der Waals surface area contributed by atoms with Gasteiger partial charge in [-0.05, 0) is 13.5 Å². The number of likely N-dealkylation sites (N-methyl/N-ethyl adjacent to an activating group) is 1. The summed E-state index contributed by atoms with van der Waals surface area (Å²) in [6.45, 7) is 0.284. The van der Waals surface area contributed by atoms with Crippen LogP contribution in [-0.4, -0.2) is 43.8 Å². The summed E-state index contributed by atoms with van der Waals surface area (Å²) in [4.78, 5) is 1.43. The van der Waals surface area contributed by atoms with Gasteiger partial charge in [-0.1, -0.05) is 0 Å². The number of rotatable bonds is 2. The number of alkyl halides is 3. The Kier molecular flexibility index (Phi) is 2.95. The first-order valence-electron chi connectivity index (χ1n) is 3.97. The van der Waals surface area contributed by atoms with Crippen LogP contribution in [0, 0.1) is 0 Å². The summed E-state index contributed by atoms with van der Waals surface area (Å²) in [7, 11) is 1.78. The molecule has 0 bridgehead atoms. The Bertz CT molecular complexity index is 146. The van der Waals surface area contributed by atoms with E-state index in [1.165, 1.54) is 4.90 Å². The molecule has 0 saturated carbocycles. The topological polar surface area (TPSA) is 15.3 Å². The fourth-order valence-corrected chi connectivity index (χ4v) is 1.47. The molecule has 1 N–H and O–H groups in total. The van der Waals surface area contributed by atoms with E-state index in [1.54, 1.807) is 7.05 Å². The monoisotopic (exact) mass is 182 g/mol. The van der Waals surface area contributed by atoms with Crippen LogP contribution in [0.4, 0.5) is 13.2 Å². The van der Waals surface area contributed by atoms with Gasteiger partial charge in [0.05, 0.1) is 6.54 Å². The van der Waals surface area contributed by atoms with Crippen LogP contribution in [0.1, 0.15) is 6.42 Å². The summed E-state index contributed by atoms with van der Waals surface area (Å²) in [5, 5.41) is 2.97. The van der Waals surface area contributed by atoms with Crippen molar-refractivity contribution in [2.75, 3.05) is 26.7 Å². The zero-order chi connectivity index (χ0) is 9.19. The molecule has 1 rings (SSSR count). The Morgan fingerprint density at radius 3 is 2.58 bits per heavy atom. The van der Waals surface area contributed by atoms with Gasteiger partial charge in [0.1, 0.15) is 0 Å². The van der Waals surface area contributed by atoms with Crippen molar-refractivity contribution >= 4 is 0 Å². The molecule has 1 atom stereocenters. The van der Waals surface area contributed by atoms with Gasteiger partial charge < -0.3 is 5.32 Å². The van der Waals surface area contributed by atoms with E-state index in [2.05, 4.69) is 5.32 Å². The van der Waals surface area contributed by atoms with Crippen molar-refractivity contribution < 1.29 is 13.2 Å². The van der Waals surface area contributed by atoms with Crippen LogP contribution < -0.4 is 5.32 Å². The Morgan fingerprint density at radius 1 is 1.50 bits per heavy atom. The van der Waals surface area contributed by atoms with Crippen molar-refractivity contribution in [3.8, 4) is 0 Å². The van der Waals surface area contributed by atoms with Crippen LogP contribution in [0.2, 0.25) is 0 Å². The van der Waals surface area contributed by atoms with Gasteiger partial charge in [0.25, 0.3) is 0 Å². The second-order valence-electron chi connectivity index (χ2n) is 3.12. The van der Waals surface area contributed by atoms with Gasteiger partial charge in [-0.15, -0.1) is 0 Å². The highest BCUT2D eigenvalue weighted by Gasteiger charge is 2.33. The highest BCUT2D eigenvalue weighted by atomic mass is 19.4. The van der Waals surface area contributed by atoms with Crippen LogP contribution in [-0.2, 0) is 0 Å². The zero-order valence-corrected chi connectivity index (χ0v) is 6.99. The fraction of sp³-hybridized carbons (Fsp3) is 1.00. The Morgan fingerprint density at radius 2 is 2.17 bits per heavy atom. The molecule has 0 aromatic carbocycles. The first kappa shape index (κ1) is 9.80. The summed E-state index contributed by atoms with van der Waals surface area (Å²) in [5.41, 5.74) is 0. The van der Waals surface area contributed by atoms with Crippen molar-refractivity contribution in [3.63, 3.8) is 0 Å². The highest BCUT2D eigenvalue weighted by molar-refractivity contribution is 4.80. The van der Waals surface area contributed by atoms with E-state index >= 15 is 0 Å². The van der Waals surface area contributed by atoms with Gasteiger partial charge in [0, 0.05) is 19.1 Å². The van der Waals surface area contributed by atoms with E-state index in [4.69, 9.17) is 0 Å². The molecule has 5 heteroatoms. The predicted molar refractivity (Wildman–Crippen MR) is 40.0 cm³/mol. The lowest BCUT2D eigenvalue weighted by Crippen LogP contribution is -2.35. The molecule has 72 valence electrons. The van der Waals surface area contributed by atoms with Crippen molar-refractivity contribution in [2.24, 2.45) is 0 Å². The first-order valence-corrected chi connectivity index (χ1v) is 3.97. The number of nitrogens with zero attached hydrogens (tertiary/aromatic N) is 1. The molecule has 0 aromatic rings. The van der Waals surface area contributed by atoms with E-state index in [0.717, 1.165) is 6.42 Å². The van der Waals surface area contributed by atoms with Gasteiger partial charge in [-0.25, -0.2) is 0 Å². The third-order valence-corrected chi connectivity index (χ3v) is 2.08. The minimum absolute atomic E-state index is 0.229. The normalized spacial score (nSPS) is 26.5. The van der Waals surface area contributed by atoms with Crippen molar-refractivity contribution in [1.29, 1.82) is 0 Å². The molecule has 1 fully saturated rings. The molecule has 1 aliphatic heterocycles. The van der Waals surface area contributed by atoms with E-state index < -0.39 is 12.7 Å². The summed E-state index contributed by atoms with van der Waals surface area (Å²) in [5.74, 6) is 0.